The third kappa shape index (κ3) is 2.39. The van der Waals surface area contributed by atoms with Crippen LogP contribution >= 0.6 is 12.2 Å². The molecule has 2 aromatic rings. The molecule has 1 N–H and O–H groups in total. The van der Waals surface area contributed by atoms with Gasteiger partial charge >= 0.3 is 0 Å². The Bertz CT molecular complexity index is 602. The van der Waals surface area contributed by atoms with Crippen molar-refractivity contribution in [3.63, 3.8) is 0 Å². The molecule has 0 aromatic carbocycles. The van der Waals surface area contributed by atoms with E-state index in [2.05, 4.69) is 21.8 Å². The fraction of sp³-hybridized carbons (Fsp3) is 0.500. The lowest BCUT2D eigenvalue weighted by Gasteiger charge is -2.18. The first kappa shape index (κ1) is 13.0. The summed E-state index contributed by atoms with van der Waals surface area (Å²) in [5.74, 6) is 0.599. The van der Waals surface area contributed by atoms with Crippen LogP contribution in [0.3, 0.4) is 0 Å². The Balaban J connectivity index is 2.54. The number of hydrogen-bond acceptors (Lipinski definition) is 4. The predicted octanol–water partition coefficient (Wildman–Crippen LogP) is 2.23. The van der Waals surface area contributed by atoms with Crippen LogP contribution in [0.2, 0.25) is 0 Å². The van der Waals surface area contributed by atoms with Crippen LogP contribution in [0.5, 0.6) is 5.88 Å². The van der Waals surface area contributed by atoms with Crippen LogP contribution in [0.4, 0.5) is 0 Å². The van der Waals surface area contributed by atoms with E-state index in [0.717, 1.165) is 17.7 Å². The van der Waals surface area contributed by atoms with Crippen LogP contribution in [-0.2, 0) is 0 Å². The van der Waals surface area contributed by atoms with E-state index < -0.39 is 0 Å². The normalized spacial score (nSPS) is 13.2. The first-order chi connectivity index (χ1) is 8.52. The number of aromatic amines is 1. The molecule has 1 atom stereocenters. The molecule has 0 aliphatic heterocycles. The van der Waals surface area contributed by atoms with Crippen molar-refractivity contribution in [3.05, 3.63) is 16.9 Å². The lowest BCUT2D eigenvalue weighted by atomic mass is 10.3. The van der Waals surface area contributed by atoms with E-state index in [-0.39, 0.29) is 6.04 Å². The Morgan fingerprint density at radius 3 is 2.83 bits per heavy atom. The van der Waals surface area contributed by atoms with Gasteiger partial charge in [-0.1, -0.05) is 0 Å². The molecule has 2 aromatic heterocycles. The van der Waals surface area contributed by atoms with Gasteiger partial charge in [-0.3, -0.25) is 4.57 Å². The van der Waals surface area contributed by atoms with Gasteiger partial charge in [0.2, 0.25) is 5.88 Å². The highest BCUT2D eigenvalue weighted by Crippen LogP contribution is 2.20. The van der Waals surface area contributed by atoms with E-state index in [1.165, 1.54) is 0 Å². The summed E-state index contributed by atoms with van der Waals surface area (Å²) in [5.41, 5.74) is 1.78. The molecule has 1 unspecified atom stereocenters. The summed E-state index contributed by atoms with van der Waals surface area (Å²) in [6.45, 7) is 3.03. The van der Waals surface area contributed by atoms with Gasteiger partial charge in [0.25, 0.3) is 0 Å². The number of ether oxygens (including phenoxy) is 1. The number of nitrogens with one attached hydrogen (secondary N) is 1. The molecule has 0 aliphatic carbocycles. The summed E-state index contributed by atoms with van der Waals surface area (Å²) in [5, 5.41) is 0. The predicted molar refractivity (Wildman–Crippen MR) is 74.7 cm³/mol. The summed E-state index contributed by atoms with van der Waals surface area (Å²) in [7, 11) is 5.70. The first-order valence-corrected chi connectivity index (χ1v) is 6.23. The van der Waals surface area contributed by atoms with E-state index in [1.807, 2.05) is 30.8 Å². The summed E-state index contributed by atoms with van der Waals surface area (Å²) in [4.78, 5) is 9.77. The largest absolute Gasteiger partial charge is 0.481 e. The maximum absolute atomic E-state index is 5.37. The maximum atomic E-state index is 5.37. The summed E-state index contributed by atoms with van der Waals surface area (Å²) < 4.78 is 7.89. The number of nitrogens with zero attached hydrogens (tertiary/aromatic N) is 3. The average Bonchev–Trinajstić information content (AvgIpc) is 2.62. The lowest BCUT2D eigenvalue weighted by molar-refractivity contribution is 0.338. The van der Waals surface area contributed by atoms with Crippen molar-refractivity contribution in [2.75, 3.05) is 27.7 Å². The van der Waals surface area contributed by atoms with Crippen LogP contribution in [-0.4, -0.2) is 47.2 Å². The quantitative estimate of drug-likeness (QED) is 0.862. The van der Waals surface area contributed by atoms with Crippen LogP contribution in [0.15, 0.2) is 12.1 Å². The van der Waals surface area contributed by atoms with Gasteiger partial charge in [0, 0.05) is 18.7 Å². The van der Waals surface area contributed by atoms with Crippen LogP contribution in [0.25, 0.3) is 11.2 Å². The van der Waals surface area contributed by atoms with E-state index in [0.29, 0.717) is 10.7 Å². The number of hydrogen-bond donors (Lipinski definition) is 1. The number of fused-ring (bicyclic) bond motifs is 1. The minimum absolute atomic E-state index is 0.251. The Kier molecular flexibility index (Phi) is 3.68. The van der Waals surface area contributed by atoms with E-state index in [9.17, 15) is 0 Å². The summed E-state index contributed by atoms with van der Waals surface area (Å²) in [6, 6.07) is 4.02. The van der Waals surface area contributed by atoms with Crippen molar-refractivity contribution >= 4 is 23.4 Å². The Labute approximate surface area is 111 Å². The zero-order valence-electron chi connectivity index (χ0n) is 11.1. The third-order valence-corrected chi connectivity index (χ3v) is 3.12. The van der Waals surface area contributed by atoms with Gasteiger partial charge in [0.1, 0.15) is 0 Å². The molecule has 0 aliphatic rings. The van der Waals surface area contributed by atoms with Gasteiger partial charge in [0.15, 0.2) is 10.4 Å². The van der Waals surface area contributed by atoms with Gasteiger partial charge in [-0.2, -0.15) is 4.98 Å². The molecule has 2 rings (SSSR count). The Hall–Kier alpha value is -1.40. The molecular weight excluding hydrogens is 248 g/mol. The molecule has 6 heteroatoms. The average molecular weight is 266 g/mol. The minimum Gasteiger partial charge on any atom is -0.481 e. The number of pyridine rings is 1. The number of imidazole rings is 1. The van der Waals surface area contributed by atoms with Crippen LogP contribution in [0, 0.1) is 4.77 Å². The fourth-order valence-corrected chi connectivity index (χ4v) is 2.49. The topological polar surface area (TPSA) is 46.1 Å². The molecule has 0 saturated carbocycles. The monoisotopic (exact) mass is 266 g/mol. The zero-order valence-corrected chi connectivity index (χ0v) is 11.9. The van der Waals surface area contributed by atoms with Crippen LogP contribution in [0.1, 0.15) is 13.0 Å². The molecule has 0 fully saturated rings. The molecule has 0 spiro atoms. The summed E-state index contributed by atoms with van der Waals surface area (Å²) >= 11 is 5.37. The molecule has 0 saturated heterocycles. The minimum atomic E-state index is 0.251. The second kappa shape index (κ2) is 5.07. The molecule has 98 valence electrons. The number of rotatable bonds is 4. The number of aromatic nitrogens is 3. The Morgan fingerprint density at radius 2 is 2.22 bits per heavy atom. The highest BCUT2D eigenvalue weighted by molar-refractivity contribution is 7.71. The van der Waals surface area contributed by atoms with Crippen molar-refractivity contribution in [1.29, 1.82) is 0 Å². The molecule has 18 heavy (non-hydrogen) atoms. The molecule has 5 nitrogen and oxygen atoms in total. The van der Waals surface area contributed by atoms with E-state index in [4.69, 9.17) is 17.0 Å². The number of likely N-dealkylation sites (N-methyl/N-ethyl adjacent to an activating group) is 1. The maximum Gasteiger partial charge on any atom is 0.215 e. The fourth-order valence-electron chi connectivity index (χ4n) is 2.12. The van der Waals surface area contributed by atoms with Gasteiger partial charge in [-0.05, 0) is 39.3 Å². The SMILES string of the molecule is COc1ccc2[nH]c(=S)n(C(C)CN(C)C)c2n1. The smallest absolute Gasteiger partial charge is 0.215 e. The Morgan fingerprint density at radius 1 is 1.50 bits per heavy atom. The van der Waals surface area contributed by atoms with E-state index >= 15 is 0 Å². The highest BCUT2D eigenvalue weighted by atomic mass is 32.1. The molecule has 2 heterocycles. The van der Waals surface area contributed by atoms with Crippen molar-refractivity contribution in [2.24, 2.45) is 0 Å². The molecule has 0 radical (unpaired) electrons. The number of H-pyrrole nitrogens is 1. The first-order valence-electron chi connectivity index (χ1n) is 5.83. The van der Waals surface area contributed by atoms with Crippen molar-refractivity contribution < 1.29 is 4.74 Å². The molecule has 0 bridgehead atoms. The lowest BCUT2D eigenvalue weighted by Crippen LogP contribution is -2.22. The van der Waals surface area contributed by atoms with Crippen LogP contribution < -0.4 is 4.74 Å². The van der Waals surface area contributed by atoms with E-state index in [1.54, 1.807) is 7.11 Å². The van der Waals surface area contributed by atoms with Gasteiger partial charge in [-0.15, -0.1) is 0 Å². The molecular formula is C12H18N4OS. The van der Waals surface area contributed by atoms with Crippen molar-refractivity contribution in [2.45, 2.75) is 13.0 Å². The molecule has 0 amide bonds. The zero-order chi connectivity index (χ0) is 13.3. The second-order valence-corrected chi connectivity index (χ2v) is 5.02. The number of methoxy groups -OCH3 is 1. The standard InChI is InChI=1S/C12H18N4OS/c1-8(7-15(2)3)16-11-9(13-12(16)18)5-6-10(14-11)17-4/h5-6,8H,7H2,1-4H3,(H,13,18). The van der Waals surface area contributed by atoms with Gasteiger partial charge < -0.3 is 14.6 Å². The highest BCUT2D eigenvalue weighted by Gasteiger charge is 2.13. The third-order valence-electron chi connectivity index (χ3n) is 2.82. The van der Waals surface area contributed by atoms with Crippen molar-refractivity contribution in [1.82, 2.24) is 19.4 Å². The van der Waals surface area contributed by atoms with Gasteiger partial charge in [-0.25, -0.2) is 0 Å². The van der Waals surface area contributed by atoms with Crippen molar-refractivity contribution in [3.8, 4) is 5.88 Å². The summed E-state index contributed by atoms with van der Waals surface area (Å²) in [6.07, 6.45) is 0. The second-order valence-electron chi connectivity index (χ2n) is 4.64. The van der Waals surface area contributed by atoms with Gasteiger partial charge in [0.05, 0.1) is 12.6 Å².